The van der Waals surface area contributed by atoms with Crippen LogP contribution in [0, 0.1) is 5.41 Å². The minimum absolute atomic E-state index is 0.235. The number of ether oxygens (including phenoxy) is 1. The normalized spacial score (nSPS) is 24.2. The average Bonchev–Trinajstić information content (AvgIpc) is 2.99. The van der Waals surface area contributed by atoms with Crippen LogP contribution in [0.15, 0.2) is 24.3 Å². The van der Waals surface area contributed by atoms with Gasteiger partial charge in [0.25, 0.3) is 0 Å². The van der Waals surface area contributed by atoms with Crippen LogP contribution in [0.5, 0.6) is 0 Å². The second-order valence-corrected chi connectivity index (χ2v) is 7.65. The predicted octanol–water partition coefficient (Wildman–Crippen LogP) is 2.81. The van der Waals surface area contributed by atoms with E-state index in [1.165, 1.54) is 11.9 Å². The van der Waals surface area contributed by atoms with Crippen molar-refractivity contribution in [2.24, 2.45) is 5.41 Å². The van der Waals surface area contributed by atoms with E-state index in [1.54, 1.807) is 0 Å². The first kappa shape index (κ1) is 17.0. The molecule has 2 saturated heterocycles. The van der Waals surface area contributed by atoms with Crippen LogP contribution in [0.25, 0.3) is 11.0 Å². The van der Waals surface area contributed by atoms with Crippen LogP contribution >= 0.6 is 0 Å². The number of likely N-dealkylation sites (tertiary alicyclic amines) is 1. The summed E-state index contributed by atoms with van der Waals surface area (Å²) >= 11 is 0. The summed E-state index contributed by atoms with van der Waals surface area (Å²) in [6.45, 7) is 6.96. The van der Waals surface area contributed by atoms with Gasteiger partial charge in [-0.15, -0.1) is 0 Å². The van der Waals surface area contributed by atoms with Crippen molar-refractivity contribution in [3.8, 4) is 0 Å². The van der Waals surface area contributed by atoms with Crippen LogP contribution in [0.1, 0.15) is 38.4 Å². The standard InChI is InChI=1S/C20H29N3O2/c1-2-23-18-6-4-3-5-17(18)21-19(23)13-22-15-20(8-7-16(22)14-24)9-11-25-12-10-20/h3-6,16,24H,2,7-15H2,1H3. The number of piperidine rings is 1. The highest BCUT2D eigenvalue weighted by Crippen LogP contribution is 2.41. The second-order valence-electron chi connectivity index (χ2n) is 7.65. The Morgan fingerprint density at radius 2 is 2.04 bits per heavy atom. The molecule has 1 spiro atoms. The van der Waals surface area contributed by atoms with E-state index in [9.17, 15) is 5.11 Å². The molecule has 1 N–H and O–H groups in total. The first-order valence-corrected chi connectivity index (χ1v) is 9.61. The van der Waals surface area contributed by atoms with Gasteiger partial charge in [0.05, 0.1) is 24.2 Å². The first-order chi connectivity index (χ1) is 12.2. The van der Waals surface area contributed by atoms with Crippen LogP contribution < -0.4 is 0 Å². The average molecular weight is 343 g/mol. The lowest BCUT2D eigenvalue weighted by Crippen LogP contribution is -2.51. The van der Waals surface area contributed by atoms with E-state index in [2.05, 4.69) is 34.6 Å². The summed E-state index contributed by atoms with van der Waals surface area (Å²) in [6, 6.07) is 8.61. The summed E-state index contributed by atoms with van der Waals surface area (Å²) in [5, 5.41) is 9.90. The van der Waals surface area contributed by atoms with E-state index in [1.807, 2.05) is 6.07 Å². The number of aliphatic hydroxyl groups excluding tert-OH is 1. The molecule has 2 aliphatic rings. The van der Waals surface area contributed by atoms with Crippen molar-refractivity contribution in [3.63, 3.8) is 0 Å². The van der Waals surface area contributed by atoms with Crippen LogP contribution in [-0.2, 0) is 17.8 Å². The Hall–Kier alpha value is -1.43. The Morgan fingerprint density at radius 3 is 2.80 bits per heavy atom. The molecule has 0 aliphatic carbocycles. The van der Waals surface area contributed by atoms with Crippen molar-refractivity contribution in [1.82, 2.24) is 14.5 Å². The Morgan fingerprint density at radius 1 is 1.24 bits per heavy atom. The highest BCUT2D eigenvalue weighted by molar-refractivity contribution is 5.75. The lowest BCUT2D eigenvalue weighted by atomic mass is 9.72. The molecule has 136 valence electrons. The molecule has 5 nitrogen and oxygen atoms in total. The Balaban J connectivity index is 1.61. The van der Waals surface area contributed by atoms with Crippen LogP contribution in [0.4, 0.5) is 0 Å². The van der Waals surface area contributed by atoms with Crippen molar-refractivity contribution >= 4 is 11.0 Å². The minimum atomic E-state index is 0.235. The zero-order valence-corrected chi connectivity index (χ0v) is 15.2. The zero-order valence-electron chi connectivity index (χ0n) is 15.2. The highest BCUT2D eigenvalue weighted by atomic mass is 16.5. The molecule has 0 bridgehead atoms. The van der Waals surface area contributed by atoms with Gasteiger partial charge in [-0.1, -0.05) is 12.1 Å². The molecule has 1 aromatic heterocycles. The maximum atomic E-state index is 9.90. The van der Waals surface area contributed by atoms with Gasteiger partial charge in [0.1, 0.15) is 5.82 Å². The van der Waals surface area contributed by atoms with E-state index < -0.39 is 0 Å². The molecule has 2 fully saturated rings. The van der Waals surface area contributed by atoms with Gasteiger partial charge in [0.2, 0.25) is 0 Å². The van der Waals surface area contributed by atoms with Gasteiger partial charge >= 0.3 is 0 Å². The van der Waals surface area contributed by atoms with Gasteiger partial charge in [0.15, 0.2) is 0 Å². The molecule has 1 atom stereocenters. The maximum absolute atomic E-state index is 9.90. The summed E-state index contributed by atoms with van der Waals surface area (Å²) in [4.78, 5) is 7.37. The quantitative estimate of drug-likeness (QED) is 0.927. The van der Waals surface area contributed by atoms with Crippen molar-refractivity contribution in [2.75, 3.05) is 26.4 Å². The topological polar surface area (TPSA) is 50.5 Å². The van der Waals surface area contributed by atoms with Crippen LogP contribution in [0.2, 0.25) is 0 Å². The molecule has 0 amide bonds. The Bertz CT molecular complexity index is 721. The summed E-state index contributed by atoms with van der Waals surface area (Å²) in [5.74, 6) is 1.12. The fourth-order valence-electron chi connectivity index (χ4n) is 4.68. The molecule has 1 unspecified atom stereocenters. The lowest BCUT2D eigenvalue weighted by Gasteiger charge is -2.48. The number of rotatable bonds is 4. The van der Waals surface area contributed by atoms with Gasteiger partial charge in [-0.05, 0) is 50.2 Å². The smallest absolute Gasteiger partial charge is 0.124 e. The zero-order chi connectivity index (χ0) is 17.3. The first-order valence-electron chi connectivity index (χ1n) is 9.61. The van der Waals surface area contributed by atoms with Crippen LogP contribution in [0.3, 0.4) is 0 Å². The fraction of sp³-hybridized carbons (Fsp3) is 0.650. The van der Waals surface area contributed by atoms with Gasteiger partial charge in [-0.25, -0.2) is 4.98 Å². The molecule has 2 aromatic rings. The van der Waals surface area contributed by atoms with E-state index in [0.29, 0.717) is 5.41 Å². The van der Waals surface area contributed by atoms with E-state index in [4.69, 9.17) is 9.72 Å². The van der Waals surface area contributed by atoms with Crippen molar-refractivity contribution in [1.29, 1.82) is 0 Å². The molecular weight excluding hydrogens is 314 g/mol. The summed E-state index contributed by atoms with van der Waals surface area (Å²) in [7, 11) is 0. The number of fused-ring (bicyclic) bond motifs is 1. The predicted molar refractivity (Wildman–Crippen MR) is 98.4 cm³/mol. The molecule has 5 heteroatoms. The van der Waals surface area contributed by atoms with Gasteiger partial charge in [-0.3, -0.25) is 4.90 Å². The number of nitrogens with zero attached hydrogens (tertiary/aromatic N) is 3. The number of aromatic nitrogens is 2. The van der Waals surface area contributed by atoms with E-state index in [-0.39, 0.29) is 12.6 Å². The SMILES string of the molecule is CCn1c(CN2CC3(CCOCC3)CCC2CO)nc2ccccc21. The number of hydrogen-bond donors (Lipinski definition) is 1. The largest absolute Gasteiger partial charge is 0.395 e. The summed E-state index contributed by atoms with van der Waals surface area (Å²) in [6.07, 6.45) is 4.57. The molecule has 25 heavy (non-hydrogen) atoms. The molecular formula is C20H29N3O2. The van der Waals surface area contributed by atoms with Gasteiger partial charge in [0, 0.05) is 32.3 Å². The van der Waals surface area contributed by atoms with Crippen LogP contribution in [-0.4, -0.2) is 52.0 Å². The molecule has 0 radical (unpaired) electrons. The molecule has 2 aliphatic heterocycles. The molecule has 1 aromatic carbocycles. The van der Waals surface area contributed by atoms with Gasteiger partial charge < -0.3 is 14.4 Å². The third-order valence-corrected chi connectivity index (χ3v) is 6.22. The maximum Gasteiger partial charge on any atom is 0.124 e. The number of benzene rings is 1. The lowest BCUT2D eigenvalue weighted by molar-refractivity contribution is -0.0558. The number of hydrogen-bond acceptors (Lipinski definition) is 4. The summed E-state index contributed by atoms with van der Waals surface area (Å²) in [5.41, 5.74) is 2.64. The third-order valence-electron chi connectivity index (χ3n) is 6.22. The minimum Gasteiger partial charge on any atom is -0.395 e. The molecule has 3 heterocycles. The van der Waals surface area contributed by atoms with Crippen molar-refractivity contribution in [2.45, 2.75) is 51.7 Å². The monoisotopic (exact) mass is 343 g/mol. The van der Waals surface area contributed by atoms with E-state index in [0.717, 1.165) is 63.5 Å². The van der Waals surface area contributed by atoms with Gasteiger partial charge in [-0.2, -0.15) is 0 Å². The molecule has 0 saturated carbocycles. The highest BCUT2D eigenvalue weighted by Gasteiger charge is 2.40. The number of aliphatic hydroxyl groups is 1. The second kappa shape index (κ2) is 7.06. The van der Waals surface area contributed by atoms with E-state index >= 15 is 0 Å². The van der Waals surface area contributed by atoms with Crippen molar-refractivity contribution in [3.05, 3.63) is 30.1 Å². The molecule has 4 rings (SSSR count). The van der Waals surface area contributed by atoms with Crippen molar-refractivity contribution < 1.29 is 9.84 Å². The third kappa shape index (κ3) is 3.21. The Labute approximate surface area is 149 Å². The fourth-order valence-corrected chi connectivity index (χ4v) is 4.68. The number of imidazole rings is 1. The Kier molecular flexibility index (Phi) is 4.80. The number of para-hydroxylation sites is 2. The summed E-state index contributed by atoms with van der Waals surface area (Å²) < 4.78 is 7.91. The number of aryl methyl sites for hydroxylation is 1.